The lowest BCUT2D eigenvalue weighted by Gasteiger charge is -2.26. The molecule has 1 amide bonds. The monoisotopic (exact) mass is 336 g/mol. The van der Waals surface area contributed by atoms with Crippen LogP contribution in [0.4, 0.5) is 4.39 Å². The zero-order valence-corrected chi connectivity index (χ0v) is 13.2. The Hall–Kier alpha value is -2.21. The van der Waals surface area contributed by atoms with Gasteiger partial charge in [0, 0.05) is 20.1 Å². The predicted octanol–water partition coefficient (Wildman–Crippen LogP) is 2.48. The van der Waals surface area contributed by atoms with Crippen LogP contribution in [0.5, 0.6) is 0 Å². The van der Waals surface area contributed by atoms with E-state index >= 15 is 0 Å². The average Bonchev–Trinajstić information content (AvgIpc) is 2.99. The van der Waals surface area contributed by atoms with Crippen molar-refractivity contribution in [3.05, 3.63) is 42.0 Å². The molecule has 0 fully saturated rings. The number of alkyl halides is 1. The summed E-state index contributed by atoms with van der Waals surface area (Å²) in [7, 11) is 1.71. The van der Waals surface area contributed by atoms with E-state index < -0.39 is 17.6 Å². The van der Waals surface area contributed by atoms with Gasteiger partial charge in [0.15, 0.2) is 5.82 Å². The summed E-state index contributed by atoms with van der Waals surface area (Å²) in [4.78, 5) is 17.2. The van der Waals surface area contributed by atoms with Crippen LogP contribution in [0, 0.1) is 5.82 Å². The Kier molecular flexibility index (Phi) is 3.74. The van der Waals surface area contributed by atoms with Gasteiger partial charge in [-0.1, -0.05) is 12.1 Å². The van der Waals surface area contributed by atoms with Gasteiger partial charge < -0.3 is 4.90 Å². The molecule has 5 nitrogen and oxygen atoms in total. The van der Waals surface area contributed by atoms with Crippen LogP contribution in [0.2, 0.25) is 0 Å². The minimum atomic E-state index is -2.41. The molecule has 0 atom stereocenters. The SMILES string of the molecule is [2H]C([2H])(Cl)C(=O)N1CC=C(c2ccc(-c3ncn(C)n3)c(F)c2)CC1. The second kappa shape index (κ2) is 6.50. The van der Waals surface area contributed by atoms with Gasteiger partial charge in [0.1, 0.15) is 18.0 Å². The Morgan fingerprint density at radius 2 is 2.35 bits per heavy atom. The molecule has 0 bridgehead atoms. The van der Waals surface area contributed by atoms with Gasteiger partial charge in [-0.05, 0) is 29.7 Å². The maximum Gasteiger partial charge on any atom is 0.237 e. The summed E-state index contributed by atoms with van der Waals surface area (Å²) in [6.45, 7) is 0.577. The Morgan fingerprint density at radius 1 is 1.52 bits per heavy atom. The molecular weight excluding hydrogens is 319 g/mol. The van der Waals surface area contributed by atoms with Gasteiger partial charge in [-0.25, -0.2) is 9.37 Å². The molecule has 2 aromatic rings. The molecule has 0 radical (unpaired) electrons. The van der Waals surface area contributed by atoms with Gasteiger partial charge in [-0.2, -0.15) is 5.10 Å². The van der Waals surface area contributed by atoms with Crippen LogP contribution in [0.25, 0.3) is 17.0 Å². The second-order valence-corrected chi connectivity index (χ2v) is 5.45. The summed E-state index contributed by atoms with van der Waals surface area (Å²) in [6.07, 6.45) is 3.80. The fourth-order valence-electron chi connectivity index (χ4n) is 2.53. The van der Waals surface area contributed by atoms with Crippen LogP contribution in [0.1, 0.15) is 14.7 Å². The molecule has 0 N–H and O–H groups in total. The van der Waals surface area contributed by atoms with E-state index in [4.69, 9.17) is 14.3 Å². The second-order valence-electron chi connectivity index (χ2n) is 5.26. The zero-order chi connectivity index (χ0) is 18.2. The summed E-state index contributed by atoms with van der Waals surface area (Å²) in [6, 6.07) is 4.85. The highest BCUT2D eigenvalue weighted by Gasteiger charge is 2.18. The van der Waals surface area contributed by atoms with Gasteiger partial charge in [0.2, 0.25) is 5.91 Å². The molecular formula is C16H16ClFN4O. The molecule has 7 heteroatoms. The van der Waals surface area contributed by atoms with Crippen molar-refractivity contribution in [2.45, 2.75) is 6.42 Å². The molecule has 0 spiro atoms. The van der Waals surface area contributed by atoms with Crippen LogP contribution in [0.3, 0.4) is 0 Å². The molecule has 1 aromatic heterocycles. The van der Waals surface area contributed by atoms with E-state index in [2.05, 4.69) is 10.1 Å². The van der Waals surface area contributed by atoms with Crippen LogP contribution < -0.4 is 0 Å². The molecule has 0 saturated carbocycles. The van der Waals surface area contributed by atoms with Crippen LogP contribution >= 0.6 is 11.6 Å². The van der Waals surface area contributed by atoms with Crippen molar-refractivity contribution in [3.8, 4) is 11.4 Å². The lowest BCUT2D eigenvalue weighted by Crippen LogP contribution is -2.35. The van der Waals surface area contributed by atoms with Crippen molar-refractivity contribution >= 4 is 23.1 Å². The number of benzene rings is 1. The molecule has 23 heavy (non-hydrogen) atoms. The van der Waals surface area contributed by atoms with Crippen molar-refractivity contribution in [2.24, 2.45) is 7.05 Å². The number of carbonyl (C=O) groups is 1. The maximum atomic E-state index is 14.4. The summed E-state index contributed by atoms with van der Waals surface area (Å²) < 4.78 is 30.5. The van der Waals surface area contributed by atoms with Crippen molar-refractivity contribution < 1.29 is 11.9 Å². The van der Waals surface area contributed by atoms with E-state index in [-0.39, 0.29) is 6.54 Å². The van der Waals surface area contributed by atoms with E-state index in [1.165, 1.54) is 22.0 Å². The number of hydrogen-bond donors (Lipinski definition) is 0. The summed E-state index contributed by atoms with van der Waals surface area (Å²) in [5, 5.41) is 4.10. The molecule has 2 heterocycles. The first-order valence-electron chi connectivity index (χ1n) is 8.09. The van der Waals surface area contributed by atoms with Crippen molar-refractivity contribution in [1.82, 2.24) is 19.7 Å². The minimum absolute atomic E-state index is 0.242. The third kappa shape index (κ3) is 3.27. The first-order valence-corrected chi connectivity index (χ1v) is 7.47. The van der Waals surface area contributed by atoms with E-state index in [9.17, 15) is 9.18 Å². The van der Waals surface area contributed by atoms with E-state index in [0.29, 0.717) is 24.4 Å². The fourth-order valence-corrected chi connectivity index (χ4v) is 2.65. The minimum Gasteiger partial charge on any atom is -0.338 e. The van der Waals surface area contributed by atoms with Gasteiger partial charge in [-0.3, -0.25) is 9.48 Å². The first kappa shape index (κ1) is 13.2. The third-order valence-electron chi connectivity index (χ3n) is 3.76. The molecule has 0 unspecified atom stereocenters. The molecule has 120 valence electrons. The normalized spacial score (nSPS) is 16.7. The highest BCUT2D eigenvalue weighted by molar-refractivity contribution is 6.27. The van der Waals surface area contributed by atoms with Crippen LogP contribution in [-0.2, 0) is 11.8 Å². The standard InChI is InChI=1S/C16H16ClFN4O/c1-21-10-19-16(20-21)13-3-2-12(8-14(13)18)11-4-6-22(7-5-11)15(23)9-17/h2-4,8,10H,5-7,9H2,1H3/i9D2. The third-order valence-corrected chi connectivity index (χ3v) is 3.92. The smallest absolute Gasteiger partial charge is 0.237 e. The summed E-state index contributed by atoms with van der Waals surface area (Å²) >= 11 is 5.43. The highest BCUT2D eigenvalue weighted by Crippen LogP contribution is 2.27. The molecule has 0 saturated heterocycles. The van der Waals surface area contributed by atoms with Crippen LogP contribution in [-0.4, -0.2) is 44.5 Å². The number of nitrogens with zero attached hydrogens (tertiary/aromatic N) is 4. The predicted molar refractivity (Wildman–Crippen MR) is 86.3 cm³/mol. The van der Waals surface area contributed by atoms with E-state index in [0.717, 1.165) is 11.1 Å². The van der Waals surface area contributed by atoms with Gasteiger partial charge >= 0.3 is 0 Å². The molecule has 1 aromatic carbocycles. The van der Waals surface area contributed by atoms with Gasteiger partial charge in [0.05, 0.1) is 8.30 Å². The van der Waals surface area contributed by atoms with Gasteiger partial charge in [-0.15, -0.1) is 11.6 Å². The van der Waals surface area contributed by atoms with Gasteiger partial charge in [0.25, 0.3) is 0 Å². The maximum absolute atomic E-state index is 14.4. The first-order chi connectivity index (χ1) is 11.8. The van der Waals surface area contributed by atoms with E-state index in [1.807, 2.05) is 0 Å². The van der Waals surface area contributed by atoms with Crippen molar-refractivity contribution in [3.63, 3.8) is 0 Å². The highest BCUT2D eigenvalue weighted by atomic mass is 35.5. The molecule has 1 aliphatic rings. The lowest BCUT2D eigenvalue weighted by atomic mass is 9.98. The van der Waals surface area contributed by atoms with Crippen molar-refractivity contribution in [1.29, 1.82) is 0 Å². The quantitative estimate of drug-likeness (QED) is 0.809. The number of aromatic nitrogens is 3. The summed E-state index contributed by atoms with van der Waals surface area (Å²) in [5.74, 6) is -3.26. The fraction of sp³-hybridized carbons (Fsp3) is 0.312. The Balaban J connectivity index is 1.78. The largest absolute Gasteiger partial charge is 0.338 e. The number of carbonyl (C=O) groups excluding carboxylic acids is 1. The Morgan fingerprint density at radius 3 is 2.91 bits per heavy atom. The number of halogens is 2. The average molecular weight is 337 g/mol. The van der Waals surface area contributed by atoms with Crippen LogP contribution in [0.15, 0.2) is 30.6 Å². The molecule has 0 aliphatic carbocycles. The Labute approximate surface area is 141 Å². The number of aryl methyl sites for hydroxylation is 1. The number of amides is 1. The lowest BCUT2D eigenvalue weighted by molar-refractivity contribution is -0.128. The van der Waals surface area contributed by atoms with E-state index in [1.54, 1.807) is 25.3 Å². The molecule has 3 rings (SSSR count). The summed E-state index contributed by atoms with van der Waals surface area (Å²) in [5.41, 5.74) is 1.95. The number of rotatable bonds is 3. The molecule has 1 aliphatic heterocycles. The number of hydrogen-bond acceptors (Lipinski definition) is 3. The zero-order valence-electron chi connectivity index (χ0n) is 14.5. The Bertz CT molecular complexity index is 847. The van der Waals surface area contributed by atoms with Crippen molar-refractivity contribution in [2.75, 3.05) is 18.9 Å². The topological polar surface area (TPSA) is 51.0 Å².